The van der Waals surface area contributed by atoms with Gasteiger partial charge >= 0.3 is 11.9 Å². The fourth-order valence-electron chi connectivity index (χ4n) is 1.10. The number of carbonyl (C=O) groups is 2. The number of nitrogens with zero attached hydrogens (tertiary/aromatic N) is 2. The second-order valence-electron chi connectivity index (χ2n) is 3.61. The number of carboxylic acid groups (broad SMARTS) is 2. The molecular formula is C13H12N2O4. The van der Waals surface area contributed by atoms with Crippen LogP contribution in [0.2, 0.25) is 0 Å². The van der Waals surface area contributed by atoms with Crippen LogP contribution in [0.1, 0.15) is 23.0 Å². The van der Waals surface area contributed by atoms with Gasteiger partial charge in [-0.3, -0.25) is 9.98 Å². The molecule has 0 aliphatic carbocycles. The largest absolute Gasteiger partial charge is 0.478 e. The van der Waals surface area contributed by atoms with Gasteiger partial charge in [0.25, 0.3) is 0 Å². The lowest BCUT2D eigenvalue weighted by molar-refractivity contribution is -0.132. The zero-order valence-corrected chi connectivity index (χ0v) is 10.2. The van der Waals surface area contributed by atoms with E-state index in [2.05, 4.69) is 16.6 Å². The lowest BCUT2D eigenvalue weighted by atomic mass is 10.2. The van der Waals surface area contributed by atoms with Crippen LogP contribution in [0.4, 0.5) is 0 Å². The summed E-state index contributed by atoms with van der Waals surface area (Å²) in [6.07, 6.45) is 3.94. The molecule has 0 radical (unpaired) electrons. The number of allylic oxidation sites excluding steroid dienone is 1. The second kappa shape index (κ2) is 6.25. The van der Waals surface area contributed by atoms with Gasteiger partial charge in [0, 0.05) is 18.0 Å². The zero-order valence-electron chi connectivity index (χ0n) is 10.2. The Labute approximate surface area is 109 Å². The summed E-state index contributed by atoms with van der Waals surface area (Å²) in [6.45, 7) is 5.07. The molecule has 0 saturated heterocycles. The minimum atomic E-state index is -1.07. The summed E-state index contributed by atoms with van der Waals surface area (Å²) in [7, 11) is 0. The average Bonchev–Trinajstić information content (AvgIpc) is 2.38. The minimum Gasteiger partial charge on any atom is -0.478 e. The molecule has 0 amide bonds. The number of pyridine rings is 1. The van der Waals surface area contributed by atoms with Gasteiger partial charge in [0.15, 0.2) is 0 Å². The number of aromatic nitrogens is 1. The van der Waals surface area contributed by atoms with Crippen molar-refractivity contribution in [3.05, 3.63) is 47.8 Å². The van der Waals surface area contributed by atoms with Gasteiger partial charge in [-0.15, -0.1) is 0 Å². The monoisotopic (exact) mass is 260 g/mol. The standard InChI is InChI=1S/C13H12N2O4/c1-8(12(16)17)3-5-14-9(2)11-7-10(13(18)19)4-6-15-11/h3-7H,2H2,1H3,(H,16,17)(H,18,19)/b8-3+,14-5?. The van der Waals surface area contributed by atoms with E-state index in [9.17, 15) is 9.59 Å². The van der Waals surface area contributed by atoms with Gasteiger partial charge in [-0.05, 0) is 25.1 Å². The number of aromatic carboxylic acids is 1. The number of rotatable bonds is 5. The van der Waals surface area contributed by atoms with Gasteiger partial charge in [0.05, 0.1) is 17.0 Å². The van der Waals surface area contributed by atoms with Crippen LogP contribution in [0.5, 0.6) is 0 Å². The molecule has 0 saturated carbocycles. The highest BCUT2D eigenvalue weighted by Crippen LogP contribution is 2.12. The van der Waals surface area contributed by atoms with Crippen LogP contribution in [0, 0.1) is 0 Å². The molecule has 1 rings (SSSR count). The first kappa shape index (κ1) is 14.3. The highest BCUT2D eigenvalue weighted by atomic mass is 16.4. The molecule has 6 nitrogen and oxygen atoms in total. The molecule has 0 fully saturated rings. The Morgan fingerprint density at radius 1 is 1.42 bits per heavy atom. The molecule has 98 valence electrons. The predicted molar refractivity (Wildman–Crippen MR) is 70.1 cm³/mol. The van der Waals surface area contributed by atoms with Crippen LogP contribution in [-0.4, -0.2) is 33.4 Å². The van der Waals surface area contributed by atoms with Crippen molar-refractivity contribution in [2.24, 2.45) is 4.99 Å². The van der Waals surface area contributed by atoms with Crippen molar-refractivity contribution < 1.29 is 19.8 Å². The van der Waals surface area contributed by atoms with E-state index in [1.165, 1.54) is 37.5 Å². The van der Waals surface area contributed by atoms with Crippen molar-refractivity contribution in [1.29, 1.82) is 0 Å². The van der Waals surface area contributed by atoms with E-state index in [0.717, 1.165) is 0 Å². The summed E-state index contributed by atoms with van der Waals surface area (Å²) in [6, 6.07) is 2.70. The average molecular weight is 260 g/mol. The van der Waals surface area contributed by atoms with Crippen LogP contribution in [0.15, 0.2) is 41.6 Å². The number of carboxylic acids is 2. The Morgan fingerprint density at radius 3 is 2.68 bits per heavy atom. The van der Waals surface area contributed by atoms with Gasteiger partial charge in [0.2, 0.25) is 0 Å². The molecule has 0 aromatic carbocycles. The minimum absolute atomic E-state index is 0.0820. The third-order valence-corrected chi connectivity index (χ3v) is 2.19. The first-order valence-corrected chi connectivity index (χ1v) is 5.24. The number of hydrogen-bond acceptors (Lipinski definition) is 4. The summed E-state index contributed by atoms with van der Waals surface area (Å²) in [5, 5.41) is 17.5. The van der Waals surface area contributed by atoms with Gasteiger partial charge < -0.3 is 10.2 Å². The van der Waals surface area contributed by atoms with E-state index in [1.54, 1.807) is 0 Å². The molecule has 1 aromatic heterocycles. The summed E-state index contributed by atoms with van der Waals surface area (Å²) in [4.78, 5) is 29.2. The smallest absolute Gasteiger partial charge is 0.335 e. The van der Waals surface area contributed by atoms with Crippen LogP contribution in [0.25, 0.3) is 5.70 Å². The SMILES string of the molecule is C=C(N=C/C=C(\C)C(=O)O)c1cc(C(=O)O)ccn1. The van der Waals surface area contributed by atoms with Gasteiger partial charge in [-0.1, -0.05) is 6.58 Å². The maximum absolute atomic E-state index is 10.8. The van der Waals surface area contributed by atoms with Crippen molar-refractivity contribution in [3.63, 3.8) is 0 Å². The van der Waals surface area contributed by atoms with Crippen LogP contribution < -0.4 is 0 Å². The fraction of sp³-hybridized carbons (Fsp3) is 0.0769. The molecule has 0 bridgehead atoms. The van der Waals surface area contributed by atoms with Crippen molar-refractivity contribution >= 4 is 23.9 Å². The Hall–Kier alpha value is -2.76. The molecule has 2 N–H and O–H groups in total. The van der Waals surface area contributed by atoms with E-state index in [-0.39, 0.29) is 16.8 Å². The van der Waals surface area contributed by atoms with Gasteiger partial charge in [0.1, 0.15) is 0 Å². The summed E-state index contributed by atoms with van der Waals surface area (Å²) < 4.78 is 0. The first-order valence-electron chi connectivity index (χ1n) is 5.24. The van der Waals surface area contributed by atoms with Crippen molar-refractivity contribution in [2.75, 3.05) is 0 Å². The molecule has 0 aliphatic heterocycles. The summed E-state index contributed by atoms with van der Waals surface area (Å²) in [5.74, 6) is -2.11. The van der Waals surface area contributed by atoms with Crippen LogP contribution >= 0.6 is 0 Å². The fourth-order valence-corrected chi connectivity index (χ4v) is 1.10. The maximum atomic E-state index is 10.8. The molecule has 19 heavy (non-hydrogen) atoms. The normalized spacial score (nSPS) is 11.5. The molecule has 1 heterocycles. The van der Waals surface area contributed by atoms with E-state index in [1.807, 2.05) is 0 Å². The topological polar surface area (TPSA) is 99.8 Å². The quantitative estimate of drug-likeness (QED) is 0.621. The van der Waals surface area contributed by atoms with E-state index < -0.39 is 11.9 Å². The van der Waals surface area contributed by atoms with E-state index in [4.69, 9.17) is 10.2 Å². The molecule has 6 heteroatoms. The lowest BCUT2D eigenvalue weighted by Gasteiger charge is -2.00. The third-order valence-electron chi connectivity index (χ3n) is 2.19. The molecule has 0 unspecified atom stereocenters. The first-order chi connectivity index (χ1) is 8.91. The van der Waals surface area contributed by atoms with Gasteiger partial charge in [-0.2, -0.15) is 0 Å². The maximum Gasteiger partial charge on any atom is 0.335 e. The summed E-state index contributed by atoms with van der Waals surface area (Å²) in [5.41, 5.74) is 0.775. The van der Waals surface area contributed by atoms with Crippen LogP contribution in [0.3, 0.4) is 0 Å². The number of hydrogen-bond donors (Lipinski definition) is 2. The Bertz CT molecular complexity index is 588. The van der Waals surface area contributed by atoms with Crippen LogP contribution in [-0.2, 0) is 4.79 Å². The molecule has 1 aromatic rings. The Balaban J connectivity index is 2.87. The number of aliphatic carboxylic acids is 1. The van der Waals surface area contributed by atoms with Crippen molar-refractivity contribution in [2.45, 2.75) is 6.92 Å². The molecule has 0 aliphatic rings. The highest BCUT2D eigenvalue weighted by molar-refractivity contribution is 5.93. The van der Waals surface area contributed by atoms with Gasteiger partial charge in [-0.25, -0.2) is 9.59 Å². The Morgan fingerprint density at radius 2 is 2.11 bits per heavy atom. The summed E-state index contributed by atoms with van der Waals surface area (Å²) >= 11 is 0. The zero-order chi connectivity index (χ0) is 14.4. The van der Waals surface area contributed by atoms with Crippen molar-refractivity contribution in [1.82, 2.24) is 4.98 Å². The highest BCUT2D eigenvalue weighted by Gasteiger charge is 2.05. The van der Waals surface area contributed by atoms with Crippen molar-refractivity contribution in [3.8, 4) is 0 Å². The van der Waals surface area contributed by atoms with E-state index in [0.29, 0.717) is 5.69 Å². The predicted octanol–water partition coefficient (Wildman–Crippen LogP) is 1.85. The van der Waals surface area contributed by atoms with E-state index >= 15 is 0 Å². The molecular weight excluding hydrogens is 248 g/mol. The lowest BCUT2D eigenvalue weighted by Crippen LogP contribution is -1.98. The second-order valence-corrected chi connectivity index (χ2v) is 3.61. The number of aliphatic imine (C=N–C) groups is 1. The third kappa shape index (κ3) is 4.19. The molecule has 0 spiro atoms. The Kier molecular flexibility index (Phi) is 4.70. The molecule has 0 atom stereocenters.